The minimum Gasteiger partial charge on any atom is -0.493 e. The number of likely N-dealkylation sites (tertiary alicyclic amines) is 1. The minimum atomic E-state index is -0.430. The van der Waals surface area contributed by atoms with Crippen molar-refractivity contribution in [3.63, 3.8) is 0 Å². The van der Waals surface area contributed by atoms with E-state index in [1.54, 1.807) is 6.08 Å². The molecule has 0 unspecified atom stereocenters. The summed E-state index contributed by atoms with van der Waals surface area (Å²) in [6, 6.07) is 6.06. The average molecular weight is 315 g/mol. The Morgan fingerprint density at radius 2 is 1.91 bits per heavy atom. The Bertz CT molecular complexity index is 624. The number of benzene rings is 1. The first-order valence-corrected chi connectivity index (χ1v) is 8.25. The first-order valence-electron chi connectivity index (χ1n) is 8.25. The fourth-order valence-electron chi connectivity index (χ4n) is 3.44. The second-order valence-electron chi connectivity index (χ2n) is 6.23. The van der Waals surface area contributed by atoms with Gasteiger partial charge < -0.3 is 19.1 Å². The van der Waals surface area contributed by atoms with E-state index in [1.165, 1.54) is 5.56 Å². The summed E-state index contributed by atoms with van der Waals surface area (Å²) in [7, 11) is 0. The standard InChI is InChI=1S/C18H21NO4/c20-17(19-8-6-18(7-9-19)22-11-12-23-18)4-2-14-1-3-16-15(13-14)5-10-21-16/h1-4,13H,5-12H2/b4-2+. The van der Waals surface area contributed by atoms with Gasteiger partial charge in [0.1, 0.15) is 5.75 Å². The maximum absolute atomic E-state index is 12.3. The third-order valence-electron chi connectivity index (χ3n) is 4.78. The highest BCUT2D eigenvalue weighted by atomic mass is 16.7. The van der Waals surface area contributed by atoms with Gasteiger partial charge in [0.2, 0.25) is 5.91 Å². The van der Waals surface area contributed by atoms with Crippen molar-refractivity contribution >= 4 is 12.0 Å². The summed E-state index contributed by atoms with van der Waals surface area (Å²) in [6.07, 6.45) is 5.99. The molecule has 3 heterocycles. The molecule has 0 saturated carbocycles. The maximum Gasteiger partial charge on any atom is 0.246 e. The largest absolute Gasteiger partial charge is 0.493 e. The Morgan fingerprint density at radius 3 is 2.70 bits per heavy atom. The summed E-state index contributed by atoms with van der Waals surface area (Å²) in [5.74, 6) is 0.585. The molecule has 3 aliphatic rings. The smallest absolute Gasteiger partial charge is 0.246 e. The van der Waals surface area contributed by atoms with Gasteiger partial charge in [-0.25, -0.2) is 0 Å². The van der Waals surface area contributed by atoms with Crippen LogP contribution in [0.2, 0.25) is 0 Å². The Labute approximate surface area is 135 Å². The molecule has 1 spiro atoms. The first kappa shape index (κ1) is 14.7. The highest BCUT2D eigenvalue weighted by Gasteiger charge is 2.40. The molecule has 3 aliphatic heterocycles. The Kier molecular flexibility index (Phi) is 3.83. The van der Waals surface area contributed by atoms with E-state index in [-0.39, 0.29) is 5.91 Å². The lowest BCUT2D eigenvalue weighted by Gasteiger charge is -2.37. The molecule has 0 aliphatic carbocycles. The van der Waals surface area contributed by atoms with Crippen LogP contribution in [-0.4, -0.2) is 49.5 Å². The Hall–Kier alpha value is -1.85. The molecule has 5 nitrogen and oxygen atoms in total. The lowest BCUT2D eigenvalue weighted by atomic mass is 10.0. The normalized spacial score (nSPS) is 22.5. The van der Waals surface area contributed by atoms with Crippen molar-refractivity contribution in [2.45, 2.75) is 25.0 Å². The summed E-state index contributed by atoms with van der Waals surface area (Å²) < 4.78 is 16.9. The molecule has 4 rings (SSSR count). The number of piperidine rings is 1. The predicted molar refractivity (Wildman–Crippen MR) is 85.1 cm³/mol. The number of nitrogens with zero attached hydrogens (tertiary/aromatic N) is 1. The van der Waals surface area contributed by atoms with Crippen LogP contribution in [0.5, 0.6) is 5.75 Å². The monoisotopic (exact) mass is 315 g/mol. The molecule has 2 saturated heterocycles. The third-order valence-corrected chi connectivity index (χ3v) is 4.78. The zero-order chi connectivity index (χ0) is 15.7. The Balaban J connectivity index is 1.36. The van der Waals surface area contributed by atoms with Gasteiger partial charge in [0, 0.05) is 38.4 Å². The number of hydrogen-bond acceptors (Lipinski definition) is 4. The van der Waals surface area contributed by atoms with E-state index >= 15 is 0 Å². The minimum absolute atomic E-state index is 0.0506. The van der Waals surface area contributed by atoms with Gasteiger partial charge >= 0.3 is 0 Å². The molecule has 1 aromatic rings. The van der Waals surface area contributed by atoms with Crippen LogP contribution in [0.15, 0.2) is 24.3 Å². The van der Waals surface area contributed by atoms with Crippen molar-refractivity contribution in [2.75, 3.05) is 32.9 Å². The van der Waals surface area contributed by atoms with Gasteiger partial charge in [-0.3, -0.25) is 4.79 Å². The number of hydrogen-bond donors (Lipinski definition) is 0. The summed E-state index contributed by atoms with van der Waals surface area (Å²) >= 11 is 0. The van der Waals surface area contributed by atoms with E-state index in [4.69, 9.17) is 14.2 Å². The fourth-order valence-corrected chi connectivity index (χ4v) is 3.44. The van der Waals surface area contributed by atoms with Crippen LogP contribution in [0.4, 0.5) is 0 Å². The second-order valence-corrected chi connectivity index (χ2v) is 6.23. The highest BCUT2D eigenvalue weighted by Crippen LogP contribution is 2.31. The topological polar surface area (TPSA) is 48.0 Å². The summed E-state index contributed by atoms with van der Waals surface area (Å²) in [5, 5.41) is 0. The molecule has 1 aromatic carbocycles. The molecule has 0 atom stereocenters. The molecule has 122 valence electrons. The molecule has 0 bridgehead atoms. The number of carbonyl (C=O) groups excluding carboxylic acids is 1. The molecule has 0 radical (unpaired) electrons. The molecule has 0 aromatic heterocycles. The lowest BCUT2D eigenvalue weighted by molar-refractivity contribution is -0.186. The molecular formula is C18H21NO4. The number of rotatable bonds is 2. The van der Waals surface area contributed by atoms with Crippen molar-refractivity contribution in [1.82, 2.24) is 4.90 Å². The first-order chi connectivity index (χ1) is 11.2. The molecule has 0 N–H and O–H groups in total. The number of ether oxygens (including phenoxy) is 3. The van der Waals surface area contributed by atoms with Gasteiger partial charge in [0.25, 0.3) is 0 Å². The van der Waals surface area contributed by atoms with Crippen LogP contribution in [0.1, 0.15) is 24.0 Å². The molecule has 1 amide bonds. The second kappa shape index (κ2) is 5.98. The van der Waals surface area contributed by atoms with Gasteiger partial charge in [0.15, 0.2) is 5.79 Å². The average Bonchev–Trinajstić information content (AvgIpc) is 3.22. The third kappa shape index (κ3) is 2.99. The van der Waals surface area contributed by atoms with Crippen LogP contribution in [0.3, 0.4) is 0 Å². The van der Waals surface area contributed by atoms with Crippen molar-refractivity contribution in [3.05, 3.63) is 35.4 Å². The maximum atomic E-state index is 12.3. The van der Waals surface area contributed by atoms with E-state index in [2.05, 4.69) is 6.07 Å². The van der Waals surface area contributed by atoms with Gasteiger partial charge in [0.05, 0.1) is 19.8 Å². The zero-order valence-corrected chi connectivity index (χ0v) is 13.1. The lowest BCUT2D eigenvalue weighted by Crippen LogP contribution is -2.46. The molecule has 5 heteroatoms. The Morgan fingerprint density at radius 1 is 1.13 bits per heavy atom. The van der Waals surface area contributed by atoms with Crippen molar-refractivity contribution in [2.24, 2.45) is 0 Å². The van der Waals surface area contributed by atoms with E-state index in [9.17, 15) is 4.79 Å². The zero-order valence-electron chi connectivity index (χ0n) is 13.1. The van der Waals surface area contributed by atoms with Gasteiger partial charge in [-0.05, 0) is 29.3 Å². The van der Waals surface area contributed by atoms with Crippen LogP contribution in [0, 0.1) is 0 Å². The summed E-state index contributed by atoms with van der Waals surface area (Å²) in [6.45, 7) is 3.44. The van der Waals surface area contributed by atoms with E-state index in [1.807, 2.05) is 23.1 Å². The van der Waals surface area contributed by atoms with Crippen LogP contribution < -0.4 is 4.74 Å². The predicted octanol–water partition coefficient (Wildman–Crippen LogP) is 2.00. The van der Waals surface area contributed by atoms with Gasteiger partial charge in [-0.15, -0.1) is 0 Å². The van der Waals surface area contributed by atoms with Crippen LogP contribution in [0.25, 0.3) is 6.08 Å². The SMILES string of the molecule is O=C(/C=C/c1ccc2c(c1)CCO2)N1CCC2(CC1)OCCO2. The number of carbonyl (C=O) groups is 1. The number of fused-ring (bicyclic) bond motifs is 1. The van der Waals surface area contributed by atoms with Gasteiger partial charge in [-0.1, -0.05) is 6.07 Å². The van der Waals surface area contributed by atoms with Gasteiger partial charge in [-0.2, -0.15) is 0 Å². The summed E-state index contributed by atoms with van der Waals surface area (Å²) in [5.41, 5.74) is 2.26. The van der Waals surface area contributed by atoms with E-state index in [0.717, 1.165) is 37.2 Å². The molecule has 23 heavy (non-hydrogen) atoms. The summed E-state index contributed by atoms with van der Waals surface area (Å²) in [4.78, 5) is 14.2. The highest BCUT2D eigenvalue weighted by molar-refractivity contribution is 5.91. The van der Waals surface area contributed by atoms with Crippen LogP contribution in [-0.2, 0) is 20.7 Å². The fraction of sp³-hybridized carbons (Fsp3) is 0.500. The number of amides is 1. The quantitative estimate of drug-likeness (QED) is 0.783. The van der Waals surface area contributed by atoms with Crippen molar-refractivity contribution < 1.29 is 19.0 Å². The van der Waals surface area contributed by atoms with Crippen LogP contribution >= 0.6 is 0 Å². The van der Waals surface area contributed by atoms with Crippen molar-refractivity contribution in [3.8, 4) is 5.75 Å². The van der Waals surface area contributed by atoms with E-state index < -0.39 is 5.79 Å². The van der Waals surface area contributed by atoms with Crippen molar-refractivity contribution in [1.29, 1.82) is 0 Å². The molecule has 2 fully saturated rings. The molecular weight excluding hydrogens is 294 g/mol. The van der Waals surface area contributed by atoms with E-state index in [0.29, 0.717) is 26.3 Å².